The lowest BCUT2D eigenvalue weighted by Crippen LogP contribution is -2.52. The van der Waals surface area contributed by atoms with Gasteiger partial charge in [0, 0.05) is 58.6 Å². The van der Waals surface area contributed by atoms with Crippen LogP contribution in [0.1, 0.15) is 30.9 Å². The van der Waals surface area contributed by atoms with Gasteiger partial charge in [0.2, 0.25) is 0 Å². The van der Waals surface area contributed by atoms with Crippen molar-refractivity contribution in [2.75, 3.05) is 50.7 Å². The van der Waals surface area contributed by atoms with Gasteiger partial charge in [-0.25, -0.2) is 9.98 Å². The van der Waals surface area contributed by atoms with Gasteiger partial charge >= 0.3 is 0 Å². The van der Waals surface area contributed by atoms with Crippen LogP contribution < -0.4 is 10.2 Å². The second kappa shape index (κ2) is 12.2. The number of piperazine rings is 1. The number of guanidine groups is 1. The van der Waals surface area contributed by atoms with Gasteiger partial charge in [0.1, 0.15) is 5.82 Å². The van der Waals surface area contributed by atoms with E-state index >= 15 is 0 Å². The molecule has 0 radical (unpaired) electrons. The lowest BCUT2D eigenvalue weighted by atomic mass is 10.2. The fourth-order valence-corrected chi connectivity index (χ4v) is 4.19. The summed E-state index contributed by atoms with van der Waals surface area (Å²) in [6.45, 7) is 11.1. The molecule has 31 heavy (non-hydrogen) atoms. The highest BCUT2D eigenvalue weighted by Gasteiger charge is 2.19. The molecule has 1 aromatic carbocycles. The maximum Gasteiger partial charge on any atom is 0.194 e. The lowest BCUT2D eigenvalue weighted by Gasteiger charge is -2.36. The summed E-state index contributed by atoms with van der Waals surface area (Å²) in [6, 6.07) is 15.1. The second-order valence-corrected chi connectivity index (χ2v) is 8.14. The molecule has 2 saturated heterocycles. The first-order chi connectivity index (χ1) is 14.8. The molecule has 2 aliphatic rings. The zero-order valence-electron chi connectivity index (χ0n) is 18.5. The summed E-state index contributed by atoms with van der Waals surface area (Å²) >= 11 is 0. The highest BCUT2D eigenvalue weighted by molar-refractivity contribution is 14.0. The Hall–Kier alpha value is -1.87. The first kappa shape index (κ1) is 23.8. The van der Waals surface area contributed by atoms with Crippen molar-refractivity contribution < 1.29 is 0 Å². The highest BCUT2D eigenvalue weighted by Crippen LogP contribution is 2.18. The van der Waals surface area contributed by atoms with Crippen molar-refractivity contribution in [1.82, 2.24) is 20.1 Å². The lowest BCUT2D eigenvalue weighted by molar-refractivity contribution is 0.172. The molecule has 0 atom stereocenters. The van der Waals surface area contributed by atoms with Crippen LogP contribution in [0.2, 0.25) is 0 Å². The maximum atomic E-state index is 4.90. The van der Waals surface area contributed by atoms with E-state index in [1.54, 1.807) is 0 Å². The number of rotatable bonds is 6. The number of anilines is 1. The van der Waals surface area contributed by atoms with Gasteiger partial charge in [0.15, 0.2) is 5.96 Å². The van der Waals surface area contributed by atoms with Crippen molar-refractivity contribution in [1.29, 1.82) is 0 Å². The molecule has 0 amide bonds. The van der Waals surface area contributed by atoms with E-state index in [4.69, 9.17) is 4.99 Å². The van der Waals surface area contributed by atoms with Crippen molar-refractivity contribution >= 4 is 35.8 Å². The number of aliphatic imine (C=N–C) groups is 1. The minimum atomic E-state index is 0. The Morgan fingerprint density at radius 1 is 0.935 bits per heavy atom. The third kappa shape index (κ3) is 6.80. The summed E-state index contributed by atoms with van der Waals surface area (Å²) in [6.07, 6.45) is 4.54. The molecule has 1 N–H and O–H groups in total. The number of pyridine rings is 1. The first-order valence-electron chi connectivity index (χ1n) is 11.3. The highest BCUT2D eigenvalue weighted by atomic mass is 127. The Kier molecular flexibility index (Phi) is 9.39. The molecule has 0 saturated carbocycles. The summed E-state index contributed by atoms with van der Waals surface area (Å²) in [7, 11) is 0. The van der Waals surface area contributed by atoms with Gasteiger partial charge in [-0.15, -0.1) is 24.0 Å². The van der Waals surface area contributed by atoms with E-state index in [1.165, 1.54) is 18.4 Å². The standard InChI is InChI=1S/C24H34N6.HI/c1-2-25-24(27-19-22-10-11-23(26-18-22)29-12-6-7-13-29)30-16-14-28(15-17-30)20-21-8-4-3-5-9-21;/h3-5,8-11,18H,2,6-7,12-17,19-20H2,1H3,(H,25,27);1H. The van der Waals surface area contributed by atoms with Crippen LogP contribution >= 0.6 is 24.0 Å². The fourth-order valence-electron chi connectivity index (χ4n) is 4.19. The van der Waals surface area contributed by atoms with E-state index in [-0.39, 0.29) is 24.0 Å². The summed E-state index contributed by atoms with van der Waals surface area (Å²) < 4.78 is 0. The number of nitrogens with one attached hydrogen (secondary N) is 1. The maximum absolute atomic E-state index is 4.90. The molecule has 0 spiro atoms. The van der Waals surface area contributed by atoms with E-state index in [2.05, 4.69) is 74.4 Å². The molecule has 3 heterocycles. The normalized spacial score (nSPS) is 17.5. The zero-order valence-corrected chi connectivity index (χ0v) is 20.9. The van der Waals surface area contributed by atoms with E-state index in [0.29, 0.717) is 6.54 Å². The van der Waals surface area contributed by atoms with E-state index in [0.717, 1.165) is 69.7 Å². The van der Waals surface area contributed by atoms with Gasteiger partial charge in [0.05, 0.1) is 6.54 Å². The average molecular weight is 534 g/mol. The van der Waals surface area contributed by atoms with Gasteiger partial charge < -0.3 is 15.1 Å². The molecular formula is C24H35IN6. The Labute approximate surface area is 203 Å². The number of halogens is 1. The molecule has 2 fully saturated rings. The van der Waals surface area contributed by atoms with Crippen LogP contribution in [0.15, 0.2) is 53.7 Å². The smallest absolute Gasteiger partial charge is 0.194 e. The third-order valence-electron chi connectivity index (χ3n) is 5.91. The van der Waals surface area contributed by atoms with Gasteiger partial charge in [0.25, 0.3) is 0 Å². The molecule has 1 aromatic heterocycles. The minimum absolute atomic E-state index is 0. The zero-order chi connectivity index (χ0) is 20.6. The Morgan fingerprint density at radius 3 is 2.32 bits per heavy atom. The van der Waals surface area contributed by atoms with Crippen LogP contribution in [0.4, 0.5) is 5.82 Å². The molecule has 6 nitrogen and oxygen atoms in total. The molecule has 0 bridgehead atoms. The summed E-state index contributed by atoms with van der Waals surface area (Å²) in [5.74, 6) is 2.11. The molecular weight excluding hydrogens is 499 g/mol. The van der Waals surface area contributed by atoms with Crippen LogP contribution in [0.3, 0.4) is 0 Å². The Morgan fingerprint density at radius 2 is 1.68 bits per heavy atom. The summed E-state index contributed by atoms with van der Waals surface area (Å²) in [5.41, 5.74) is 2.55. The van der Waals surface area contributed by atoms with Crippen molar-refractivity contribution in [2.24, 2.45) is 4.99 Å². The number of hydrogen-bond donors (Lipinski definition) is 1. The monoisotopic (exact) mass is 534 g/mol. The molecule has 0 aliphatic carbocycles. The van der Waals surface area contributed by atoms with Crippen molar-refractivity contribution in [3.8, 4) is 0 Å². The number of nitrogens with zero attached hydrogens (tertiary/aromatic N) is 5. The Bertz CT molecular complexity index is 797. The molecule has 2 aliphatic heterocycles. The molecule has 4 rings (SSSR count). The van der Waals surface area contributed by atoms with Crippen LogP contribution in [0.25, 0.3) is 0 Å². The second-order valence-electron chi connectivity index (χ2n) is 8.14. The largest absolute Gasteiger partial charge is 0.357 e. The quantitative estimate of drug-likeness (QED) is 0.349. The predicted octanol–water partition coefficient (Wildman–Crippen LogP) is 3.58. The average Bonchev–Trinajstić information content (AvgIpc) is 3.33. The summed E-state index contributed by atoms with van der Waals surface area (Å²) in [4.78, 5) is 16.8. The Balaban J connectivity index is 0.00000272. The van der Waals surface area contributed by atoms with Crippen LogP contribution in [-0.4, -0.2) is 66.6 Å². The van der Waals surface area contributed by atoms with Gasteiger partial charge in [-0.1, -0.05) is 36.4 Å². The van der Waals surface area contributed by atoms with Crippen molar-refractivity contribution in [3.63, 3.8) is 0 Å². The van der Waals surface area contributed by atoms with Gasteiger partial charge in [-0.05, 0) is 37.0 Å². The van der Waals surface area contributed by atoms with E-state index in [1.807, 2.05) is 6.20 Å². The number of benzene rings is 1. The van der Waals surface area contributed by atoms with Gasteiger partial charge in [-0.2, -0.15) is 0 Å². The molecule has 168 valence electrons. The van der Waals surface area contributed by atoms with Gasteiger partial charge in [-0.3, -0.25) is 4.90 Å². The van der Waals surface area contributed by atoms with Crippen LogP contribution in [0, 0.1) is 0 Å². The van der Waals surface area contributed by atoms with E-state index in [9.17, 15) is 0 Å². The molecule has 7 heteroatoms. The topological polar surface area (TPSA) is 47.0 Å². The fraction of sp³-hybridized carbons (Fsp3) is 0.500. The van der Waals surface area contributed by atoms with Crippen LogP contribution in [-0.2, 0) is 13.1 Å². The first-order valence-corrected chi connectivity index (χ1v) is 11.3. The molecule has 0 unspecified atom stereocenters. The van der Waals surface area contributed by atoms with E-state index < -0.39 is 0 Å². The van der Waals surface area contributed by atoms with Crippen LogP contribution in [0.5, 0.6) is 0 Å². The third-order valence-corrected chi connectivity index (χ3v) is 5.91. The predicted molar refractivity (Wildman–Crippen MR) is 139 cm³/mol. The number of aromatic nitrogens is 1. The van der Waals surface area contributed by atoms with Crippen molar-refractivity contribution in [2.45, 2.75) is 32.9 Å². The van der Waals surface area contributed by atoms with Crippen molar-refractivity contribution in [3.05, 3.63) is 59.8 Å². The number of hydrogen-bond acceptors (Lipinski definition) is 4. The SMILES string of the molecule is CCNC(=NCc1ccc(N2CCCC2)nc1)N1CCN(Cc2ccccc2)CC1.I. The summed E-state index contributed by atoms with van der Waals surface area (Å²) in [5, 5.41) is 3.47. The molecule has 2 aromatic rings. The minimum Gasteiger partial charge on any atom is -0.357 e.